The first-order chi connectivity index (χ1) is 20.7. The minimum Gasteiger partial charge on any atom is -0.463 e. The molecule has 1 N–H and O–H groups in total. The Morgan fingerprint density at radius 2 is 1.73 bits per heavy atom. The fourth-order valence-electron chi connectivity index (χ4n) is 12.4. The number of hydrogen-bond acceptors (Lipinski definition) is 7. The van der Waals surface area contributed by atoms with Crippen molar-refractivity contribution in [1.82, 2.24) is 0 Å². The lowest BCUT2D eigenvalue weighted by atomic mass is 9.33. The largest absolute Gasteiger partial charge is 0.463 e. The third kappa shape index (κ3) is 4.37. The van der Waals surface area contributed by atoms with E-state index in [4.69, 9.17) is 18.9 Å². The lowest BCUT2D eigenvalue weighted by molar-refractivity contribution is -0.336. The Bertz CT molecular complexity index is 1180. The first-order valence-corrected chi connectivity index (χ1v) is 17.7. The van der Waals surface area contributed by atoms with Gasteiger partial charge in [-0.2, -0.15) is 0 Å². The summed E-state index contributed by atoms with van der Waals surface area (Å²) in [6.45, 7) is 18.9. The fraction of sp³-hybridized carbons (Fsp3) is 0.892. The molecule has 0 amide bonds. The van der Waals surface area contributed by atoms with E-state index in [0.29, 0.717) is 30.3 Å². The van der Waals surface area contributed by atoms with Crippen LogP contribution in [-0.2, 0) is 28.5 Å². The zero-order chi connectivity index (χ0) is 31.9. The lowest BCUT2D eigenvalue weighted by Gasteiger charge is -2.72. The SMILES string of the molecule is CCOC(=O)COC(=O)[C@]12CC[C@@H](C)[C@H](C)C1C1=CCC3[C@@]4(C)C[C@@H](O)[C@@H]5OC(CC)OC[C@@]5(C)C4CC[C@@]3(C)[C@]1(C)CC2. The van der Waals surface area contributed by atoms with E-state index in [2.05, 4.69) is 54.5 Å². The second kappa shape index (κ2) is 11.1. The van der Waals surface area contributed by atoms with Gasteiger partial charge in [0.15, 0.2) is 12.9 Å². The van der Waals surface area contributed by atoms with E-state index in [1.165, 1.54) is 5.57 Å². The van der Waals surface area contributed by atoms with Crippen LogP contribution in [0.1, 0.15) is 113 Å². The van der Waals surface area contributed by atoms with Crippen molar-refractivity contribution in [2.75, 3.05) is 19.8 Å². The van der Waals surface area contributed by atoms with E-state index in [1.54, 1.807) is 6.92 Å². The molecule has 6 aliphatic rings. The molecule has 0 aromatic heterocycles. The highest BCUT2D eigenvalue weighted by Gasteiger charge is 2.71. The summed E-state index contributed by atoms with van der Waals surface area (Å²) in [5.74, 6) is 1.09. The van der Waals surface area contributed by atoms with Crippen LogP contribution in [0.4, 0.5) is 0 Å². The van der Waals surface area contributed by atoms with Crippen molar-refractivity contribution >= 4 is 11.9 Å². The Kier molecular flexibility index (Phi) is 8.18. The number of carbonyl (C=O) groups is 2. The second-order valence-corrected chi connectivity index (χ2v) is 16.7. The summed E-state index contributed by atoms with van der Waals surface area (Å²) in [5, 5.41) is 11.7. The summed E-state index contributed by atoms with van der Waals surface area (Å²) in [6.07, 6.45) is 9.88. The van der Waals surface area contributed by atoms with Gasteiger partial charge in [0.05, 0.1) is 30.8 Å². The number of allylic oxidation sites excluding steroid dienone is 2. The van der Waals surface area contributed by atoms with Crippen LogP contribution in [0.25, 0.3) is 0 Å². The quantitative estimate of drug-likeness (QED) is 0.267. The van der Waals surface area contributed by atoms with Crippen LogP contribution in [0.5, 0.6) is 0 Å². The molecule has 5 aliphatic carbocycles. The minimum atomic E-state index is -0.595. The highest BCUT2D eigenvalue weighted by molar-refractivity contribution is 5.82. The third-order valence-corrected chi connectivity index (χ3v) is 14.9. The normalized spacial score (nSPS) is 51.3. The smallest absolute Gasteiger partial charge is 0.344 e. The van der Waals surface area contributed by atoms with Crippen LogP contribution in [-0.4, -0.2) is 55.4 Å². The molecule has 7 heteroatoms. The van der Waals surface area contributed by atoms with Gasteiger partial charge < -0.3 is 24.1 Å². The van der Waals surface area contributed by atoms with Gasteiger partial charge in [-0.1, -0.05) is 60.1 Å². The van der Waals surface area contributed by atoms with Crippen LogP contribution < -0.4 is 0 Å². The number of rotatable bonds is 5. The van der Waals surface area contributed by atoms with Crippen molar-refractivity contribution in [2.24, 2.45) is 56.7 Å². The van der Waals surface area contributed by atoms with Gasteiger partial charge in [0.25, 0.3) is 0 Å². The van der Waals surface area contributed by atoms with Gasteiger partial charge in [0.2, 0.25) is 0 Å². The zero-order valence-corrected chi connectivity index (χ0v) is 28.6. The molecule has 0 aromatic rings. The monoisotopic (exact) mass is 614 g/mol. The predicted molar refractivity (Wildman–Crippen MR) is 167 cm³/mol. The summed E-state index contributed by atoms with van der Waals surface area (Å²) in [4.78, 5) is 26.2. The Hall–Kier alpha value is -1.44. The molecule has 248 valence electrons. The standard InChI is InChI=1S/C37H58O7/c1-9-29-43-21-34(6)26-14-15-36(8)27(33(26,5)19-25(38)31(34)44-29)12-11-24-30-23(4)22(3)13-16-37(30,18-17-35(24,36)7)32(40)42-20-28(39)41-10-2/h11,22-23,25-27,29-31,38H,9-10,12-21H2,1-8H3/t22-,23+,25-,26?,27?,29?,30?,31+,33+,34+,35-,36-,37+/m1/s1. The molecule has 1 aliphatic heterocycles. The van der Waals surface area contributed by atoms with Gasteiger partial charge in [-0.3, -0.25) is 4.79 Å². The Balaban J connectivity index is 1.36. The second-order valence-electron chi connectivity index (χ2n) is 16.7. The number of aliphatic hydroxyl groups excluding tert-OH is 1. The van der Waals surface area contributed by atoms with Crippen molar-refractivity contribution in [3.05, 3.63) is 11.6 Å². The molecule has 0 radical (unpaired) electrons. The van der Waals surface area contributed by atoms with E-state index in [0.717, 1.165) is 57.8 Å². The van der Waals surface area contributed by atoms with Gasteiger partial charge in [0.1, 0.15) is 0 Å². The molecular weight excluding hydrogens is 556 g/mol. The predicted octanol–water partition coefficient (Wildman–Crippen LogP) is 6.85. The Morgan fingerprint density at radius 3 is 2.43 bits per heavy atom. The molecule has 6 rings (SSSR count). The van der Waals surface area contributed by atoms with Crippen LogP contribution in [0, 0.1) is 56.7 Å². The number of fused-ring (bicyclic) bond motifs is 9. The topological polar surface area (TPSA) is 91.3 Å². The van der Waals surface area contributed by atoms with E-state index >= 15 is 0 Å². The van der Waals surface area contributed by atoms with Gasteiger partial charge in [0, 0.05) is 5.41 Å². The van der Waals surface area contributed by atoms with E-state index in [9.17, 15) is 14.7 Å². The summed E-state index contributed by atoms with van der Waals surface area (Å²) < 4.78 is 23.5. The number of ether oxygens (including phenoxy) is 4. The molecule has 5 fully saturated rings. The highest BCUT2D eigenvalue weighted by atomic mass is 16.7. The summed E-state index contributed by atoms with van der Waals surface area (Å²) in [6, 6.07) is 0. The molecular formula is C37H58O7. The maximum atomic E-state index is 14.0. The molecule has 4 unspecified atom stereocenters. The summed E-state index contributed by atoms with van der Waals surface area (Å²) in [7, 11) is 0. The highest BCUT2D eigenvalue weighted by Crippen LogP contribution is 2.76. The van der Waals surface area contributed by atoms with Crippen molar-refractivity contribution in [2.45, 2.75) is 132 Å². The van der Waals surface area contributed by atoms with Crippen LogP contribution in [0.2, 0.25) is 0 Å². The number of aliphatic hydroxyl groups is 1. The molecule has 0 aromatic carbocycles. The molecule has 44 heavy (non-hydrogen) atoms. The Morgan fingerprint density at radius 1 is 0.977 bits per heavy atom. The van der Waals surface area contributed by atoms with Crippen molar-refractivity contribution in [3.63, 3.8) is 0 Å². The molecule has 7 nitrogen and oxygen atoms in total. The van der Waals surface area contributed by atoms with Crippen molar-refractivity contribution in [3.8, 4) is 0 Å². The average Bonchev–Trinajstić information content (AvgIpc) is 2.98. The van der Waals surface area contributed by atoms with Gasteiger partial charge >= 0.3 is 11.9 Å². The Labute approximate surface area is 265 Å². The number of carbonyl (C=O) groups excluding carboxylic acids is 2. The minimum absolute atomic E-state index is 0.0367. The average molecular weight is 615 g/mol. The van der Waals surface area contributed by atoms with Gasteiger partial charge in [-0.05, 0) is 111 Å². The van der Waals surface area contributed by atoms with Gasteiger partial charge in [-0.15, -0.1) is 0 Å². The number of hydrogen-bond donors (Lipinski definition) is 1. The molecule has 4 saturated carbocycles. The van der Waals surface area contributed by atoms with Crippen LogP contribution in [0.3, 0.4) is 0 Å². The van der Waals surface area contributed by atoms with E-state index in [-0.39, 0.29) is 59.2 Å². The first-order valence-electron chi connectivity index (χ1n) is 17.7. The number of esters is 2. The molecule has 1 heterocycles. The zero-order valence-electron chi connectivity index (χ0n) is 28.6. The molecule has 13 atom stereocenters. The van der Waals surface area contributed by atoms with E-state index < -0.39 is 17.5 Å². The maximum absolute atomic E-state index is 14.0. The van der Waals surface area contributed by atoms with Crippen molar-refractivity contribution in [1.29, 1.82) is 0 Å². The summed E-state index contributed by atoms with van der Waals surface area (Å²) >= 11 is 0. The lowest BCUT2D eigenvalue weighted by Crippen LogP contribution is -2.70. The molecule has 0 bridgehead atoms. The maximum Gasteiger partial charge on any atom is 0.344 e. The third-order valence-electron chi connectivity index (χ3n) is 14.9. The fourth-order valence-corrected chi connectivity index (χ4v) is 12.4. The molecule has 0 spiro atoms. The van der Waals surface area contributed by atoms with E-state index in [1.807, 2.05) is 0 Å². The first kappa shape index (κ1) is 32.5. The van der Waals surface area contributed by atoms with Crippen molar-refractivity contribution < 1.29 is 33.6 Å². The van der Waals surface area contributed by atoms with Crippen LogP contribution in [0.15, 0.2) is 11.6 Å². The summed E-state index contributed by atoms with van der Waals surface area (Å²) in [5.41, 5.74) is 0.583. The molecule has 1 saturated heterocycles. The van der Waals surface area contributed by atoms with Gasteiger partial charge in [-0.25, -0.2) is 4.79 Å². The van der Waals surface area contributed by atoms with Crippen LogP contribution >= 0.6 is 0 Å².